The first-order chi connectivity index (χ1) is 13.5. The number of rotatable bonds is 5. The molecule has 2 N–H and O–H groups in total. The van der Waals surface area contributed by atoms with Crippen molar-refractivity contribution >= 4 is 29.2 Å². The highest BCUT2D eigenvalue weighted by Crippen LogP contribution is 2.19. The fourth-order valence-electron chi connectivity index (χ4n) is 3.42. The Hall–Kier alpha value is -2.90. The highest BCUT2D eigenvalue weighted by molar-refractivity contribution is 6.39. The highest BCUT2D eigenvalue weighted by atomic mass is 16.2. The Bertz CT molecular complexity index is 764. The van der Waals surface area contributed by atoms with Gasteiger partial charge in [-0.2, -0.15) is 0 Å². The van der Waals surface area contributed by atoms with Crippen LogP contribution >= 0.6 is 0 Å². The van der Waals surface area contributed by atoms with Gasteiger partial charge in [0.1, 0.15) is 6.04 Å². The number of benzene rings is 1. The van der Waals surface area contributed by atoms with Crippen LogP contribution in [0.25, 0.3) is 0 Å². The number of para-hydroxylation sites is 1. The van der Waals surface area contributed by atoms with E-state index >= 15 is 0 Å². The normalized spacial score (nSPS) is 22.4. The van der Waals surface area contributed by atoms with Crippen molar-refractivity contribution in [2.24, 2.45) is 10.9 Å². The first-order valence-corrected chi connectivity index (χ1v) is 9.81. The number of hydrogen-bond acceptors (Lipinski definition) is 5. The zero-order chi connectivity index (χ0) is 20.1. The zero-order valence-corrected chi connectivity index (χ0v) is 16.4. The summed E-state index contributed by atoms with van der Waals surface area (Å²) in [7, 11) is 0. The van der Waals surface area contributed by atoms with Crippen LogP contribution in [-0.2, 0) is 14.4 Å². The maximum absolute atomic E-state index is 13.0. The molecule has 3 rings (SSSR count). The van der Waals surface area contributed by atoms with Gasteiger partial charge in [0.25, 0.3) is 11.8 Å². The van der Waals surface area contributed by atoms with Gasteiger partial charge in [0.05, 0.1) is 11.6 Å². The lowest BCUT2D eigenvalue weighted by Gasteiger charge is -2.35. The number of nitrogens with zero attached hydrogens (tertiary/aromatic N) is 3. The number of hydrazine groups is 1. The van der Waals surface area contributed by atoms with Crippen molar-refractivity contribution in [2.75, 3.05) is 24.6 Å². The van der Waals surface area contributed by atoms with Crippen molar-refractivity contribution in [2.45, 2.75) is 39.2 Å². The minimum atomic E-state index is -0.658. The van der Waals surface area contributed by atoms with Crippen molar-refractivity contribution in [3.63, 3.8) is 0 Å². The van der Waals surface area contributed by atoms with E-state index in [1.54, 1.807) is 24.0 Å². The van der Waals surface area contributed by atoms with Gasteiger partial charge in [-0.15, -0.1) is 0 Å². The molecular formula is C20H27N5O3. The number of anilines is 1. The number of likely N-dealkylation sites (tertiary alicyclic amines) is 1. The molecule has 1 fully saturated rings. The fraction of sp³-hybridized carbons (Fsp3) is 0.500. The monoisotopic (exact) mass is 385 g/mol. The third-order valence-corrected chi connectivity index (χ3v) is 4.96. The van der Waals surface area contributed by atoms with Crippen LogP contribution in [0.15, 0.2) is 35.3 Å². The molecule has 2 unspecified atom stereocenters. The Morgan fingerprint density at radius 3 is 2.75 bits per heavy atom. The smallest absolute Gasteiger partial charge is 0.290 e. The van der Waals surface area contributed by atoms with E-state index in [9.17, 15) is 14.4 Å². The van der Waals surface area contributed by atoms with E-state index in [0.717, 1.165) is 19.3 Å². The summed E-state index contributed by atoms with van der Waals surface area (Å²) in [5.74, 6) is -0.595. The van der Waals surface area contributed by atoms with E-state index in [1.165, 1.54) is 5.01 Å². The van der Waals surface area contributed by atoms with Crippen molar-refractivity contribution in [1.29, 1.82) is 0 Å². The summed E-state index contributed by atoms with van der Waals surface area (Å²) in [6.07, 6.45) is 2.41. The molecule has 1 aromatic carbocycles. The molecule has 0 radical (unpaired) electrons. The molecule has 2 atom stereocenters. The molecule has 0 spiro atoms. The van der Waals surface area contributed by atoms with Crippen LogP contribution in [0.3, 0.4) is 0 Å². The van der Waals surface area contributed by atoms with Crippen LogP contribution in [0.5, 0.6) is 0 Å². The minimum Gasteiger partial charge on any atom is -0.356 e. The van der Waals surface area contributed by atoms with Crippen molar-refractivity contribution in [1.82, 2.24) is 15.6 Å². The van der Waals surface area contributed by atoms with Gasteiger partial charge in [-0.25, -0.2) is 10.0 Å². The average Bonchev–Trinajstić information content (AvgIpc) is 2.74. The molecule has 8 heteroatoms. The quantitative estimate of drug-likeness (QED) is 0.793. The maximum Gasteiger partial charge on any atom is 0.290 e. The lowest BCUT2D eigenvalue weighted by atomic mass is 9.97. The van der Waals surface area contributed by atoms with E-state index in [2.05, 4.69) is 15.7 Å². The summed E-state index contributed by atoms with van der Waals surface area (Å²) in [5.41, 5.74) is 3.52. The molecule has 28 heavy (non-hydrogen) atoms. The molecule has 0 aliphatic carbocycles. The molecule has 0 aromatic heterocycles. The largest absolute Gasteiger partial charge is 0.356 e. The Labute approximate surface area is 164 Å². The van der Waals surface area contributed by atoms with Crippen LogP contribution in [0, 0.1) is 5.92 Å². The third-order valence-electron chi connectivity index (χ3n) is 4.96. The maximum atomic E-state index is 13.0. The van der Waals surface area contributed by atoms with E-state index in [-0.39, 0.29) is 29.5 Å². The molecule has 2 heterocycles. The molecule has 150 valence electrons. The molecule has 1 saturated heterocycles. The minimum absolute atomic E-state index is 0.00708. The Kier molecular flexibility index (Phi) is 6.28. The second-order valence-electron chi connectivity index (χ2n) is 7.16. The van der Waals surface area contributed by atoms with E-state index in [4.69, 9.17) is 0 Å². The number of aliphatic imine (C=N–C) groups is 1. The van der Waals surface area contributed by atoms with Crippen molar-refractivity contribution in [3.05, 3.63) is 30.3 Å². The fourth-order valence-corrected chi connectivity index (χ4v) is 3.42. The molecular weight excluding hydrogens is 358 g/mol. The van der Waals surface area contributed by atoms with Gasteiger partial charge in [-0.3, -0.25) is 19.8 Å². The summed E-state index contributed by atoms with van der Waals surface area (Å²) in [6, 6.07) is 8.44. The highest BCUT2D eigenvalue weighted by Gasteiger charge is 2.35. The third kappa shape index (κ3) is 4.32. The topological polar surface area (TPSA) is 94.1 Å². The SMILES string of the molecule is CCCNC(=O)C1CCCN(C(=O)C2=NC(C)C(=O)N(c3ccccc3)N2)C1. The van der Waals surface area contributed by atoms with E-state index in [0.29, 0.717) is 25.3 Å². The Morgan fingerprint density at radius 2 is 2.04 bits per heavy atom. The molecule has 2 aliphatic heterocycles. The predicted octanol–water partition coefficient (Wildman–Crippen LogP) is 1.09. The lowest BCUT2D eigenvalue weighted by Crippen LogP contribution is -2.59. The zero-order valence-electron chi connectivity index (χ0n) is 16.4. The van der Waals surface area contributed by atoms with Crippen LogP contribution in [0.4, 0.5) is 5.69 Å². The Morgan fingerprint density at radius 1 is 1.29 bits per heavy atom. The van der Waals surface area contributed by atoms with Gasteiger partial charge in [0.15, 0.2) is 0 Å². The second-order valence-corrected chi connectivity index (χ2v) is 7.16. The number of hydrogen-bond donors (Lipinski definition) is 2. The number of carbonyl (C=O) groups is 3. The molecule has 0 saturated carbocycles. The van der Waals surface area contributed by atoms with E-state index in [1.807, 2.05) is 25.1 Å². The van der Waals surface area contributed by atoms with E-state index < -0.39 is 6.04 Å². The number of piperidine rings is 1. The summed E-state index contributed by atoms with van der Waals surface area (Å²) in [4.78, 5) is 43.7. The molecule has 2 aliphatic rings. The van der Waals surface area contributed by atoms with Gasteiger partial charge < -0.3 is 10.2 Å². The summed E-state index contributed by atoms with van der Waals surface area (Å²) in [6.45, 7) is 5.26. The van der Waals surface area contributed by atoms with Gasteiger partial charge in [0.2, 0.25) is 11.7 Å². The Balaban J connectivity index is 1.71. The van der Waals surface area contributed by atoms with Crippen molar-refractivity contribution in [3.8, 4) is 0 Å². The summed E-state index contributed by atoms with van der Waals surface area (Å²) < 4.78 is 0. The van der Waals surface area contributed by atoms with Gasteiger partial charge >= 0.3 is 0 Å². The lowest BCUT2D eigenvalue weighted by molar-refractivity contribution is -0.131. The second kappa shape index (κ2) is 8.86. The molecule has 8 nitrogen and oxygen atoms in total. The van der Waals surface area contributed by atoms with Gasteiger partial charge in [-0.1, -0.05) is 25.1 Å². The first kappa shape index (κ1) is 19.9. The van der Waals surface area contributed by atoms with Crippen LogP contribution in [0.2, 0.25) is 0 Å². The molecule has 0 bridgehead atoms. The van der Waals surface area contributed by atoms with Crippen LogP contribution in [0.1, 0.15) is 33.1 Å². The van der Waals surface area contributed by atoms with Gasteiger partial charge in [0, 0.05) is 19.6 Å². The standard InChI is InChI=1S/C20H27N5O3/c1-3-11-21-18(26)15-8-7-12-24(13-15)20(28)17-22-14(2)19(27)25(23-17)16-9-5-4-6-10-16/h4-6,9-10,14-15H,3,7-8,11-13H2,1-2H3,(H,21,26)(H,22,23). The number of carbonyl (C=O) groups excluding carboxylic acids is 3. The van der Waals surface area contributed by atoms with Crippen LogP contribution in [-0.4, -0.2) is 54.1 Å². The summed E-state index contributed by atoms with van der Waals surface area (Å²) >= 11 is 0. The number of amidine groups is 1. The van der Waals surface area contributed by atoms with Gasteiger partial charge in [-0.05, 0) is 38.3 Å². The van der Waals surface area contributed by atoms with Crippen LogP contribution < -0.4 is 15.8 Å². The summed E-state index contributed by atoms with van der Waals surface area (Å²) in [5, 5.41) is 4.27. The number of amides is 3. The molecule has 3 amide bonds. The predicted molar refractivity (Wildman–Crippen MR) is 107 cm³/mol. The van der Waals surface area contributed by atoms with Crippen molar-refractivity contribution < 1.29 is 14.4 Å². The molecule has 1 aromatic rings. The average molecular weight is 385 g/mol. The first-order valence-electron chi connectivity index (χ1n) is 9.81. The number of nitrogens with one attached hydrogen (secondary N) is 2.